The largest absolute Gasteiger partial charge is 0.481 e. The number of carboxylic acids is 1. The van der Waals surface area contributed by atoms with Gasteiger partial charge in [0.25, 0.3) is 0 Å². The molecule has 1 aliphatic heterocycles. The van der Waals surface area contributed by atoms with E-state index in [1.807, 2.05) is 6.92 Å². The van der Waals surface area contributed by atoms with Crippen LogP contribution in [0.1, 0.15) is 26.7 Å². The fraction of sp³-hybridized carbons (Fsp3) is 0.818. The SMILES string of the molecule is CC(CCNC(=O)C1(C)CCNC1)C(=O)O. The van der Waals surface area contributed by atoms with E-state index in [1.54, 1.807) is 6.92 Å². The molecule has 92 valence electrons. The predicted octanol–water partition coefficient (Wildman–Crippen LogP) is 0.213. The Morgan fingerprint density at radius 1 is 1.56 bits per heavy atom. The van der Waals surface area contributed by atoms with Gasteiger partial charge in [0.2, 0.25) is 5.91 Å². The summed E-state index contributed by atoms with van der Waals surface area (Å²) in [5, 5.41) is 14.7. The Balaban J connectivity index is 2.27. The fourth-order valence-electron chi connectivity index (χ4n) is 1.75. The lowest BCUT2D eigenvalue weighted by atomic mass is 9.89. The first-order valence-electron chi connectivity index (χ1n) is 5.67. The number of carboxylic acid groups (broad SMARTS) is 1. The van der Waals surface area contributed by atoms with E-state index >= 15 is 0 Å². The highest BCUT2D eigenvalue weighted by Gasteiger charge is 2.35. The maximum absolute atomic E-state index is 11.8. The lowest BCUT2D eigenvalue weighted by Crippen LogP contribution is -2.41. The van der Waals surface area contributed by atoms with Gasteiger partial charge in [-0.25, -0.2) is 0 Å². The molecule has 1 aliphatic rings. The molecule has 0 aliphatic carbocycles. The quantitative estimate of drug-likeness (QED) is 0.628. The number of hydrogen-bond acceptors (Lipinski definition) is 3. The van der Waals surface area contributed by atoms with E-state index < -0.39 is 11.9 Å². The van der Waals surface area contributed by atoms with Crippen molar-refractivity contribution in [3.8, 4) is 0 Å². The zero-order chi connectivity index (χ0) is 12.2. The molecular formula is C11H20N2O3. The van der Waals surface area contributed by atoms with Gasteiger partial charge < -0.3 is 15.7 Å². The van der Waals surface area contributed by atoms with Crippen LogP contribution in [0.2, 0.25) is 0 Å². The maximum Gasteiger partial charge on any atom is 0.306 e. The van der Waals surface area contributed by atoms with E-state index in [4.69, 9.17) is 5.11 Å². The van der Waals surface area contributed by atoms with Crippen molar-refractivity contribution >= 4 is 11.9 Å². The third kappa shape index (κ3) is 3.20. The molecule has 0 aromatic carbocycles. The highest BCUT2D eigenvalue weighted by Crippen LogP contribution is 2.24. The van der Waals surface area contributed by atoms with Crippen LogP contribution in [0.3, 0.4) is 0 Å². The Labute approximate surface area is 95.6 Å². The monoisotopic (exact) mass is 228 g/mol. The summed E-state index contributed by atoms with van der Waals surface area (Å²) in [6, 6.07) is 0. The summed E-state index contributed by atoms with van der Waals surface area (Å²) in [6.07, 6.45) is 1.32. The summed E-state index contributed by atoms with van der Waals surface area (Å²) in [4.78, 5) is 22.4. The van der Waals surface area contributed by atoms with Gasteiger partial charge in [-0.15, -0.1) is 0 Å². The van der Waals surface area contributed by atoms with E-state index in [2.05, 4.69) is 10.6 Å². The number of amides is 1. The first-order valence-corrected chi connectivity index (χ1v) is 5.67. The third-order valence-corrected chi connectivity index (χ3v) is 3.20. The van der Waals surface area contributed by atoms with Crippen molar-refractivity contribution in [3.63, 3.8) is 0 Å². The third-order valence-electron chi connectivity index (χ3n) is 3.20. The van der Waals surface area contributed by atoms with Crippen molar-refractivity contribution in [2.45, 2.75) is 26.7 Å². The molecule has 0 spiro atoms. The topological polar surface area (TPSA) is 78.4 Å². The minimum absolute atomic E-state index is 0.0232. The van der Waals surface area contributed by atoms with Gasteiger partial charge >= 0.3 is 5.97 Å². The van der Waals surface area contributed by atoms with E-state index in [0.29, 0.717) is 19.5 Å². The average molecular weight is 228 g/mol. The van der Waals surface area contributed by atoms with Gasteiger partial charge in [-0.05, 0) is 26.3 Å². The normalized spacial score (nSPS) is 26.4. The molecule has 16 heavy (non-hydrogen) atoms. The molecule has 1 saturated heterocycles. The maximum atomic E-state index is 11.8. The van der Waals surface area contributed by atoms with Crippen molar-refractivity contribution < 1.29 is 14.7 Å². The van der Waals surface area contributed by atoms with Crippen LogP contribution in [-0.4, -0.2) is 36.6 Å². The molecule has 3 N–H and O–H groups in total. The average Bonchev–Trinajstić information content (AvgIpc) is 2.66. The zero-order valence-electron chi connectivity index (χ0n) is 9.88. The van der Waals surface area contributed by atoms with Gasteiger partial charge in [-0.2, -0.15) is 0 Å². The molecule has 0 bridgehead atoms. The number of carbonyl (C=O) groups excluding carboxylic acids is 1. The van der Waals surface area contributed by atoms with Gasteiger partial charge in [0.1, 0.15) is 0 Å². The fourth-order valence-corrected chi connectivity index (χ4v) is 1.75. The van der Waals surface area contributed by atoms with E-state index in [-0.39, 0.29) is 11.3 Å². The molecule has 1 rings (SSSR count). The molecule has 2 unspecified atom stereocenters. The molecule has 5 nitrogen and oxygen atoms in total. The standard InChI is InChI=1S/C11H20N2O3/c1-8(9(14)15)3-5-13-10(16)11(2)4-6-12-7-11/h8,12H,3-7H2,1-2H3,(H,13,16)(H,14,15). The lowest BCUT2D eigenvalue weighted by Gasteiger charge is -2.21. The molecule has 1 amide bonds. The second kappa shape index (κ2) is 5.30. The minimum Gasteiger partial charge on any atom is -0.481 e. The second-order valence-electron chi connectivity index (χ2n) is 4.77. The molecule has 0 aromatic heterocycles. The first kappa shape index (κ1) is 13.0. The molecule has 5 heteroatoms. The molecule has 2 atom stereocenters. The molecular weight excluding hydrogens is 208 g/mol. The summed E-state index contributed by atoms with van der Waals surface area (Å²) in [5.74, 6) is -1.20. The summed E-state index contributed by atoms with van der Waals surface area (Å²) < 4.78 is 0. The van der Waals surface area contributed by atoms with Crippen LogP contribution < -0.4 is 10.6 Å². The Bertz CT molecular complexity index is 272. The Morgan fingerprint density at radius 2 is 2.25 bits per heavy atom. The summed E-state index contributed by atoms with van der Waals surface area (Å²) in [5.41, 5.74) is -0.327. The first-order chi connectivity index (χ1) is 7.46. The number of aliphatic carboxylic acids is 1. The molecule has 0 saturated carbocycles. The van der Waals surface area contributed by atoms with Crippen molar-refractivity contribution in [1.29, 1.82) is 0 Å². The summed E-state index contributed by atoms with van der Waals surface area (Å²) >= 11 is 0. The number of nitrogens with one attached hydrogen (secondary N) is 2. The molecule has 0 radical (unpaired) electrons. The number of rotatable bonds is 5. The van der Waals surface area contributed by atoms with Crippen LogP contribution >= 0.6 is 0 Å². The van der Waals surface area contributed by atoms with Crippen molar-refractivity contribution in [3.05, 3.63) is 0 Å². The lowest BCUT2D eigenvalue weighted by molar-refractivity contribution is -0.141. The van der Waals surface area contributed by atoms with E-state index in [1.165, 1.54) is 0 Å². The van der Waals surface area contributed by atoms with Crippen LogP contribution in [0.15, 0.2) is 0 Å². The van der Waals surface area contributed by atoms with Gasteiger partial charge in [-0.3, -0.25) is 9.59 Å². The molecule has 1 fully saturated rings. The number of hydrogen-bond donors (Lipinski definition) is 3. The summed E-state index contributed by atoms with van der Waals surface area (Å²) in [7, 11) is 0. The highest BCUT2D eigenvalue weighted by molar-refractivity contribution is 5.82. The van der Waals surface area contributed by atoms with Crippen LogP contribution in [-0.2, 0) is 9.59 Å². The van der Waals surface area contributed by atoms with E-state index in [0.717, 1.165) is 13.0 Å². The van der Waals surface area contributed by atoms with Gasteiger partial charge in [0.15, 0.2) is 0 Å². The van der Waals surface area contributed by atoms with Gasteiger partial charge in [0, 0.05) is 13.1 Å². The zero-order valence-corrected chi connectivity index (χ0v) is 9.88. The molecule has 1 heterocycles. The van der Waals surface area contributed by atoms with Crippen LogP contribution in [0.4, 0.5) is 0 Å². The van der Waals surface area contributed by atoms with Crippen LogP contribution in [0.25, 0.3) is 0 Å². The highest BCUT2D eigenvalue weighted by atomic mass is 16.4. The molecule has 0 aromatic rings. The Hall–Kier alpha value is -1.10. The minimum atomic E-state index is -0.817. The van der Waals surface area contributed by atoms with Crippen molar-refractivity contribution in [2.75, 3.05) is 19.6 Å². The van der Waals surface area contributed by atoms with E-state index in [9.17, 15) is 9.59 Å². The predicted molar refractivity (Wildman–Crippen MR) is 60.0 cm³/mol. The van der Waals surface area contributed by atoms with Crippen LogP contribution in [0.5, 0.6) is 0 Å². The van der Waals surface area contributed by atoms with Gasteiger partial charge in [0.05, 0.1) is 11.3 Å². The Kier molecular flexibility index (Phi) is 4.29. The number of carbonyl (C=O) groups is 2. The van der Waals surface area contributed by atoms with Crippen molar-refractivity contribution in [1.82, 2.24) is 10.6 Å². The van der Waals surface area contributed by atoms with Crippen LogP contribution in [0, 0.1) is 11.3 Å². The summed E-state index contributed by atoms with van der Waals surface area (Å²) in [6.45, 7) is 5.58. The van der Waals surface area contributed by atoms with Gasteiger partial charge in [-0.1, -0.05) is 6.92 Å². The Morgan fingerprint density at radius 3 is 2.75 bits per heavy atom. The smallest absolute Gasteiger partial charge is 0.306 e. The second-order valence-corrected chi connectivity index (χ2v) is 4.77. The van der Waals surface area contributed by atoms with Crippen molar-refractivity contribution in [2.24, 2.45) is 11.3 Å².